The molecule has 3 rings (SSSR count). The molecule has 0 saturated carbocycles. The zero-order valence-electron chi connectivity index (χ0n) is 20.9. The molecule has 0 saturated heterocycles. The Hall–Kier alpha value is -4.36. The van der Waals surface area contributed by atoms with Gasteiger partial charge in [0.2, 0.25) is 5.88 Å². The largest absolute Gasteiger partial charge is 0.481 e. The molecule has 1 atom stereocenters. The van der Waals surface area contributed by atoms with Crippen LogP contribution in [0, 0.1) is 5.82 Å². The summed E-state index contributed by atoms with van der Waals surface area (Å²) in [4.78, 5) is 41.1. The van der Waals surface area contributed by atoms with E-state index < -0.39 is 52.3 Å². The van der Waals surface area contributed by atoms with Crippen LogP contribution in [-0.4, -0.2) is 33.3 Å². The first kappa shape index (κ1) is 28.2. The van der Waals surface area contributed by atoms with E-state index in [1.165, 1.54) is 20.2 Å². The Labute approximate surface area is 213 Å². The molecular weight excluding hydrogens is 516 g/mol. The average molecular weight is 540 g/mol. The van der Waals surface area contributed by atoms with Gasteiger partial charge in [0.25, 0.3) is 5.56 Å². The van der Waals surface area contributed by atoms with Gasteiger partial charge in [-0.2, -0.15) is 13.2 Å². The summed E-state index contributed by atoms with van der Waals surface area (Å²) in [6, 6.07) is 5.04. The molecule has 0 bridgehead atoms. The molecule has 0 aliphatic rings. The minimum absolute atomic E-state index is 0.0177. The van der Waals surface area contributed by atoms with E-state index in [0.717, 1.165) is 19.2 Å². The molecule has 3 aromatic rings. The summed E-state index contributed by atoms with van der Waals surface area (Å²) in [5.74, 6) is -1.99. The molecule has 0 fully saturated rings. The minimum atomic E-state index is -4.99. The number of ether oxygens (including phenoxy) is 3. The van der Waals surface area contributed by atoms with Crippen LogP contribution in [0.1, 0.15) is 32.0 Å². The number of nitrogens with zero attached hydrogens (tertiary/aromatic N) is 3. The highest BCUT2D eigenvalue weighted by atomic mass is 19.4. The smallest absolute Gasteiger partial charge is 0.431 e. The summed E-state index contributed by atoms with van der Waals surface area (Å²) in [6.07, 6.45) is -4.59. The van der Waals surface area contributed by atoms with Gasteiger partial charge in [-0.3, -0.25) is 9.36 Å². The van der Waals surface area contributed by atoms with Crippen molar-refractivity contribution in [2.75, 3.05) is 12.8 Å². The Balaban J connectivity index is 2.09. The van der Waals surface area contributed by atoms with Crippen molar-refractivity contribution < 1.29 is 36.6 Å². The van der Waals surface area contributed by atoms with Crippen molar-refractivity contribution >= 4 is 11.7 Å². The third kappa shape index (κ3) is 5.48. The van der Waals surface area contributed by atoms with Crippen molar-refractivity contribution in [2.45, 2.75) is 38.7 Å². The number of anilines is 1. The molecule has 204 valence electrons. The van der Waals surface area contributed by atoms with Gasteiger partial charge in [0.1, 0.15) is 22.9 Å². The standard InChI is InChI=1S/C24H24F4N4O6/c1-12(21(34)36-5)37-20-13(7-6-8-30-20)23(2,3)38-17-10-16(14(25)9-15(17)29)32-19(33)11-18(24(26,27)28)31(4)22(32)35/h6-12H,29H2,1-5H3. The summed E-state index contributed by atoms with van der Waals surface area (Å²) in [6.45, 7) is 4.60. The zero-order chi connectivity index (χ0) is 28.6. The van der Waals surface area contributed by atoms with Crippen molar-refractivity contribution in [1.82, 2.24) is 14.1 Å². The second kappa shape index (κ2) is 10.2. The van der Waals surface area contributed by atoms with E-state index in [0.29, 0.717) is 5.56 Å². The second-order valence-corrected chi connectivity index (χ2v) is 8.64. The zero-order valence-corrected chi connectivity index (χ0v) is 20.9. The fourth-order valence-corrected chi connectivity index (χ4v) is 3.59. The van der Waals surface area contributed by atoms with Crippen molar-refractivity contribution in [3.8, 4) is 17.3 Å². The third-order valence-electron chi connectivity index (χ3n) is 5.54. The Kier molecular flexibility index (Phi) is 7.56. The fourth-order valence-electron chi connectivity index (χ4n) is 3.59. The number of hydrogen-bond donors (Lipinski definition) is 1. The van der Waals surface area contributed by atoms with E-state index in [4.69, 9.17) is 15.2 Å². The Morgan fingerprint density at radius 1 is 1.16 bits per heavy atom. The Morgan fingerprint density at radius 2 is 1.82 bits per heavy atom. The number of benzene rings is 1. The number of carbonyl (C=O) groups is 1. The molecule has 0 amide bonds. The van der Waals surface area contributed by atoms with Crippen LogP contribution in [0.25, 0.3) is 5.69 Å². The van der Waals surface area contributed by atoms with E-state index in [-0.39, 0.29) is 32.5 Å². The molecule has 0 radical (unpaired) electrons. The monoisotopic (exact) mass is 540 g/mol. The predicted octanol–water partition coefficient (Wildman–Crippen LogP) is 2.93. The molecule has 0 spiro atoms. The van der Waals surface area contributed by atoms with Crippen molar-refractivity contribution in [1.29, 1.82) is 0 Å². The van der Waals surface area contributed by atoms with Crippen LogP contribution in [0.3, 0.4) is 0 Å². The highest BCUT2D eigenvalue weighted by molar-refractivity contribution is 5.74. The molecule has 38 heavy (non-hydrogen) atoms. The van der Waals surface area contributed by atoms with Gasteiger partial charge in [-0.1, -0.05) is 0 Å². The molecule has 0 aliphatic heterocycles. The van der Waals surface area contributed by atoms with Crippen LogP contribution < -0.4 is 26.5 Å². The Morgan fingerprint density at radius 3 is 2.42 bits per heavy atom. The van der Waals surface area contributed by atoms with Crippen LogP contribution >= 0.6 is 0 Å². The van der Waals surface area contributed by atoms with Gasteiger partial charge in [-0.05, 0) is 32.9 Å². The summed E-state index contributed by atoms with van der Waals surface area (Å²) in [5, 5.41) is 0. The number of nitrogen functional groups attached to an aromatic ring is 1. The van der Waals surface area contributed by atoms with Crippen molar-refractivity contribution in [3.63, 3.8) is 0 Å². The van der Waals surface area contributed by atoms with Gasteiger partial charge >= 0.3 is 17.8 Å². The van der Waals surface area contributed by atoms with Gasteiger partial charge in [0.05, 0.1) is 24.0 Å². The SMILES string of the molecule is COC(=O)C(C)Oc1ncccc1C(C)(C)Oc1cc(-n2c(=O)cc(C(F)(F)F)n(C)c2=O)c(F)cc1N. The first-order chi connectivity index (χ1) is 17.6. The second-order valence-electron chi connectivity index (χ2n) is 8.64. The highest BCUT2D eigenvalue weighted by Crippen LogP contribution is 2.37. The quantitative estimate of drug-likeness (QED) is 0.275. The maximum atomic E-state index is 14.9. The maximum Gasteiger partial charge on any atom is 0.431 e. The number of esters is 1. The van der Waals surface area contributed by atoms with Gasteiger partial charge in [-0.25, -0.2) is 23.5 Å². The lowest BCUT2D eigenvalue weighted by Crippen LogP contribution is -2.41. The van der Waals surface area contributed by atoms with Gasteiger partial charge < -0.3 is 19.9 Å². The summed E-state index contributed by atoms with van der Waals surface area (Å²) in [7, 11) is 1.99. The number of nitrogens with two attached hydrogens (primary N) is 1. The Bertz CT molecular complexity index is 1500. The fraction of sp³-hybridized carbons (Fsp3) is 0.333. The summed E-state index contributed by atoms with van der Waals surface area (Å²) >= 11 is 0. The molecule has 2 N–H and O–H groups in total. The number of rotatable bonds is 7. The van der Waals surface area contributed by atoms with E-state index in [2.05, 4.69) is 9.72 Å². The van der Waals surface area contributed by atoms with Crippen LogP contribution in [0.4, 0.5) is 23.2 Å². The first-order valence-corrected chi connectivity index (χ1v) is 11.0. The number of alkyl halides is 3. The van der Waals surface area contributed by atoms with Crippen LogP contribution in [0.5, 0.6) is 11.6 Å². The molecule has 2 heterocycles. The number of hydrogen-bond acceptors (Lipinski definition) is 8. The molecule has 10 nitrogen and oxygen atoms in total. The average Bonchev–Trinajstić information content (AvgIpc) is 2.83. The summed E-state index contributed by atoms with van der Waals surface area (Å²) in [5.41, 5.74) is -0.289. The van der Waals surface area contributed by atoms with E-state index in [1.807, 2.05) is 0 Å². The number of carbonyl (C=O) groups excluding carboxylic acids is 1. The topological polar surface area (TPSA) is 128 Å². The molecule has 14 heteroatoms. The maximum absolute atomic E-state index is 14.9. The van der Waals surface area contributed by atoms with Crippen LogP contribution in [0.2, 0.25) is 0 Å². The highest BCUT2D eigenvalue weighted by Gasteiger charge is 2.35. The molecule has 1 unspecified atom stereocenters. The van der Waals surface area contributed by atoms with Crippen LogP contribution in [0.15, 0.2) is 46.1 Å². The van der Waals surface area contributed by atoms with Crippen molar-refractivity contribution in [3.05, 3.63) is 74.4 Å². The van der Waals surface area contributed by atoms with Crippen LogP contribution in [-0.2, 0) is 28.4 Å². The van der Waals surface area contributed by atoms with E-state index >= 15 is 0 Å². The molecule has 1 aromatic carbocycles. The van der Waals surface area contributed by atoms with E-state index in [9.17, 15) is 31.9 Å². The number of pyridine rings is 1. The van der Waals surface area contributed by atoms with Crippen molar-refractivity contribution in [2.24, 2.45) is 7.05 Å². The lowest BCUT2D eigenvalue weighted by Gasteiger charge is -2.29. The minimum Gasteiger partial charge on any atom is -0.481 e. The van der Waals surface area contributed by atoms with Gasteiger partial charge in [-0.15, -0.1) is 0 Å². The number of methoxy groups -OCH3 is 1. The van der Waals surface area contributed by atoms with E-state index in [1.54, 1.807) is 26.0 Å². The number of aromatic nitrogens is 3. The predicted molar refractivity (Wildman–Crippen MR) is 127 cm³/mol. The third-order valence-corrected chi connectivity index (χ3v) is 5.54. The molecule has 2 aromatic heterocycles. The summed E-state index contributed by atoms with van der Waals surface area (Å²) < 4.78 is 71.2. The molecular formula is C24H24F4N4O6. The number of halogens is 4. The first-order valence-electron chi connectivity index (χ1n) is 11.0. The normalized spacial score (nSPS) is 12.7. The van der Waals surface area contributed by atoms with Gasteiger partial charge in [0, 0.05) is 31.4 Å². The lowest BCUT2D eigenvalue weighted by atomic mass is 9.99. The molecule has 0 aliphatic carbocycles. The van der Waals surface area contributed by atoms with Gasteiger partial charge in [0.15, 0.2) is 6.10 Å². The lowest BCUT2D eigenvalue weighted by molar-refractivity contribution is -0.148.